The van der Waals surface area contributed by atoms with Crippen molar-refractivity contribution in [2.24, 2.45) is 0 Å². The molecular formula is C23H27N3O4. The molecule has 7 heteroatoms. The molecule has 7 nitrogen and oxygen atoms in total. The number of ether oxygens (including phenoxy) is 2. The lowest BCUT2D eigenvalue weighted by Gasteiger charge is -2.37. The lowest BCUT2D eigenvalue weighted by atomic mass is 10.1. The van der Waals surface area contributed by atoms with E-state index in [4.69, 9.17) is 9.47 Å². The number of hydrogen-bond donors (Lipinski definition) is 1. The second-order valence-electron chi connectivity index (χ2n) is 7.80. The number of amides is 1. The summed E-state index contributed by atoms with van der Waals surface area (Å²) in [5, 5.41) is 2.94. The summed E-state index contributed by atoms with van der Waals surface area (Å²) in [6.07, 6.45) is 0. The van der Waals surface area contributed by atoms with Gasteiger partial charge < -0.3 is 14.8 Å². The van der Waals surface area contributed by atoms with Crippen LogP contribution in [0.4, 0.5) is 5.69 Å². The highest BCUT2D eigenvalue weighted by molar-refractivity contribution is 5.98. The van der Waals surface area contributed by atoms with E-state index in [0.717, 1.165) is 44.2 Å². The lowest BCUT2D eigenvalue weighted by Crippen LogP contribution is -2.52. The Bertz CT molecular complexity index is 938. The van der Waals surface area contributed by atoms with Gasteiger partial charge >= 0.3 is 0 Å². The van der Waals surface area contributed by atoms with Crippen molar-refractivity contribution < 1.29 is 19.1 Å². The van der Waals surface area contributed by atoms with Gasteiger partial charge in [-0.2, -0.15) is 0 Å². The molecule has 0 unspecified atom stereocenters. The Hall–Kier alpha value is -2.90. The van der Waals surface area contributed by atoms with E-state index in [2.05, 4.69) is 21.2 Å². The predicted octanol–water partition coefficient (Wildman–Crippen LogP) is 2.76. The minimum atomic E-state index is -0.237. The van der Waals surface area contributed by atoms with Crippen LogP contribution in [0.15, 0.2) is 42.5 Å². The third-order valence-electron chi connectivity index (χ3n) is 5.71. The first-order chi connectivity index (χ1) is 14.5. The van der Waals surface area contributed by atoms with Crippen LogP contribution in [0, 0.1) is 0 Å². The molecule has 1 N–H and O–H groups in total. The largest absolute Gasteiger partial charge is 0.454 e. The van der Waals surface area contributed by atoms with Crippen molar-refractivity contribution >= 4 is 17.4 Å². The minimum absolute atomic E-state index is 0.0160. The van der Waals surface area contributed by atoms with Gasteiger partial charge in [-0.25, -0.2) is 0 Å². The number of carbonyl (C=O) groups excluding carboxylic acids is 2. The number of fused-ring (bicyclic) bond motifs is 1. The van der Waals surface area contributed by atoms with Crippen LogP contribution < -0.4 is 14.8 Å². The highest BCUT2D eigenvalue weighted by Crippen LogP contribution is 2.32. The van der Waals surface area contributed by atoms with Crippen LogP contribution in [0.25, 0.3) is 0 Å². The molecule has 1 amide bonds. The third-order valence-corrected chi connectivity index (χ3v) is 5.71. The van der Waals surface area contributed by atoms with Crippen LogP contribution in [0.5, 0.6) is 11.5 Å². The highest BCUT2D eigenvalue weighted by atomic mass is 16.7. The second-order valence-corrected chi connectivity index (χ2v) is 7.80. The van der Waals surface area contributed by atoms with E-state index in [1.54, 1.807) is 24.3 Å². The molecule has 1 saturated heterocycles. The quantitative estimate of drug-likeness (QED) is 0.740. The number of carbonyl (C=O) groups is 2. The Kier molecular flexibility index (Phi) is 6.01. The van der Waals surface area contributed by atoms with Crippen molar-refractivity contribution in [3.8, 4) is 11.5 Å². The summed E-state index contributed by atoms with van der Waals surface area (Å²) in [5.41, 5.74) is 2.45. The van der Waals surface area contributed by atoms with Crippen LogP contribution in [0.2, 0.25) is 0 Å². The fraction of sp³-hybridized carbons (Fsp3) is 0.391. The number of Topliss-reactive ketones (excluding diaryl/α,β-unsaturated/α-hetero) is 1. The van der Waals surface area contributed by atoms with Crippen LogP contribution >= 0.6 is 0 Å². The smallest absolute Gasteiger partial charge is 0.241 e. The molecule has 0 spiro atoms. The molecule has 0 aromatic heterocycles. The maximum absolute atomic E-state index is 12.7. The fourth-order valence-electron chi connectivity index (χ4n) is 3.83. The number of hydrogen-bond acceptors (Lipinski definition) is 6. The fourth-order valence-corrected chi connectivity index (χ4v) is 3.83. The number of anilines is 1. The summed E-state index contributed by atoms with van der Waals surface area (Å²) >= 11 is 0. The predicted molar refractivity (Wildman–Crippen MR) is 114 cm³/mol. The second kappa shape index (κ2) is 8.85. The monoisotopic (exact) mass is 409 g/mol. The normalized spacial score (nSPS) is 17.5. The van der Waals surface area contributed by atoms with Gasteiger partial charge in [0.15, 0.2) is 17.3 Å². The topological polar surface area (TPSA) is 71.1 Å². The molecule has 2 aliphatic rings. The average Bonchev–Trinajstić information content (AvgIpc) is 3.22. The maximum Gasteiger partial charge on any atom is 0.241 e. The van der Waals surface area contributed by atoms with Gasteiger partial charge in [-0.05, 0) is 43.7 Å². The zero-order chi connectivity index (χ0) is 21.1. The van der Waals surface area contributed by atoms with Crippen molar-refractivity contribution in [3.05, 3.63) is 53.6 Å². The van der Waals surface area contributed by atoms with Crippen molar-refractivity contribution in [2.45, 2.75) is 26.4 Å². The van der Waals surface area contributed by atoms with Gasteiger partial charge in [0, 0.05) is 44.0 Å². The molecule has 2 aromatic carbocycles. The van der Waals surface area contributed by atoms with Crippen LogP contribution in [0.3, 0.4) is 0 Å². The standard InChI is InChI=1S/C23H27N3O4/c1-16(23(28)24-20-5-3-4-19(13-20)17(2)27)26-10-8-25(9-11-26)14-18-6-7-21-22(12-18)30-15-29-21/h3-7,12-13,16H,8-11,14-15H2,1-2H3,(H,24,28)/t16-/m1/s1. The summed E-state index contributed by atoms with van der Waals surface area (Å²) < 4.78 is 10.8. The Balaban J connectivity index is 1.28. The summed E-state index contributed by atoms with van der Waals surface area (Å²) in [4.78, 5) is 28.8. The summed E-state index contributed by atoms with van der Waals surface area (Å²) in [6.45, 7) is 8.03. The number of ketones is 1. The summed E-state index contributed by atoms with van der Waals surface area (Å²) in [5.74, 6) is 1.54. The molecule has 1 atom stereocenters. The average molecular weight is 409 g/mol. The Morgan fingerprint density at radius 3 is 2.57 bits per heavy atom. The van der Waals surface area contributed by atoms with Gasteiger partial charge in [0.2, 0.25) is 12.7 Å². The Morgan fingerprint density at radius 1 is 1.03 bits per heavy atom. The third kappa shape index (κ3) is 4.63. The molecule has 1 fully saturated rings. The molecule has 2 heterocycles. The van der Waals surface area contributed by atoms with E-state index >= 15 is 0 Å². The molecule has 0 bridgehead atoms. The molecule has 2 aliphatic heterocycles. The Labute approximate surface area is 176 Å². The lowest BCUT2D eigenvalue weighted by molar-refractivity contribution is -0.121. The van der Waals surface area contributed by atoms with Gasteiger partial charge in [0.1, 0.15) is 0 Å². The molecule has 158 valence electrons. The van der Waals surface area contributed by atoms with Gasteiger partial charge in [-0.3, -0.25) is 19.4 Å². The molecule has 4 rings (SSSR count). The number of rotatable bonds is 6. The Morgan fingerprint density at radius 2 is 1.80 bits per heavy atom. The van der Waals surface area contributed by atoms with E-state index in [-0.39, 0.29) is 24.5 Å². The molecular weight excluding hydrogens is 382 g/mol. The van der Waals surface area contributed by atoms with E-state index in [1.807, 2.05) is 19.1 Å². The minimum Gasteiger partial charge on any atom is -0.454 e. The highest BCUT2D eigenvalue weighted by Gasteiger charge is 2.26. The van der Waals surface area contributed by atoms with Gasteiger partial charge in [-0.1, -0.05) is 18.2 Å². The number of nitrogens with zero attached hydrogens (tertiary/aromatic N) is 2. The molecule has 0 saturated carbocycles. The van der Waals surface area contributed by atoms with Crippen LogP contribution in [-0.2, 0) is 11.3 Å². The van der Waals surface area contributed by atoms with Crippen molar-refractivity contribution in [2.75, 3.05) is 38.3 Å². The number of nitrogens with one attached hydrogen (secondary N) is 1. The SMILES string of the molecule is CC(=O)c1cccc(NC(=O)[C@@H](C)N2CCN(Cc3ccc4c(c3)OCO4)CC2)c1. The van der Waals surface area contributed by atoms with E-state index in [0.29, 0.717) is 11.3 Å². The first-order valence-corrected chi connectivity index (χ1v) is 10.3. The summed E-state index contributed by atoms with van der Waals surface area (Å²) in [6, 6.07) is 12.9. The first kappa shape index (κ1) is 20.4. The summed E-state index contributed by atoms with van der Waals surface area (Å²) in [7, 11) is 0. The van der Waals surface area contributed by atoms with E-state index in [9.17, 15) is 9.59 Å². The van der Waals surface area contributed by atoms with Crippen LogP contribution in [0.1, 0.15) is 29.8 Å². The van der Waals surface area contributed by atoms with Gasteiger partial charge in [0.05, 0.1) is 6.04 Å². The molecule has 30 heavy (non-hydrogen) atoms. The van der Waals surface area contributed by atoms with Crippen LogP contribution in [-0.4, -0.2) is 60.5 Å². The van der Waals surface area contributed by atoms with Crippen molar-refractivity contribution in [3.63, 3.8) is 0 Å². The first-order valence-electron chi connectivity index (χ1n) is 10.3. The molecule has 2 aromatic rings. The molecule has 0 aliphatic carbocycles. The molecule has 0 radical (unpaired) electrons. The number of benzene rings is 2. The van der Waals surface area contributed by atoms with Gasteiger partial charge in [-0.15, -0.1) is 0 Å². The zero-order valence-electron chi connectivity index (χ0n) is 17.4. The van der Waals surface area contributed by atoms with Crippen molar-refractivity contribution in [1.29, 1.82) is 0 Å². The number of piperazine rings is 1. The van der Waals surface area contributed by atoms with Crippen molar-refractivity contribution in [1.82, 2.24) is 9.80 Å². The van der Waals surface area contributed by atoms with Gasteiger partial charge in [0.25, 0.3) is 0 Å². The van der Waals surface area contributed by atoms with E-state index in [1.165, 1.54) is 12.5 Å². The maximum atomic E-state index is 12.7. The van der Waals surface area contributed by atoms with E-state index < -0.39 is 0 Å². The zero-order valence-corrected chi connectivity index (χ0v) is 17.4.